The highest BCUT2D eigenvalue weighted by atomic mass is 32.2. The van der Waals surface area contributed by atoms with E-state index in [1.165, 1.54) is 0 Å². The van der Waals surface area contributed by atoms with Crippen LogP contribution in [0.4, 0.5) is 0 Å². The average Bonchev–Trinajstić information content (AvgIpc) is 3.46. The van der Waals surface area contributed by atoms with Crippen molar-refractivity contribution in [3.05, 3.63) is 157 Å². The molecule has 0 radical (unpaired) electrons. The monoisotopic (exact) mass is 640 g/mol. The summed E-state index contributed by atoms with van der Waals surface area (Å²) in [6.07, 6.45) is 7.25. The quantitative estimate of drug-likeness (QED) is 0.191. The van der Waals surface area contributed by atoms with Crippen LogP contribution < -0.4 is 0 Å². The van der Waals surface area contributed by atoms with Crippen molar-refractivity contribution in [3.8, 4) is 55.6 Å². The van der Waals surface area contributed by atoms with Crippen LogP contribution in [0.15, 0.2) is 151 Å². The molecule has 1 aliphatic heterocycles. The number of fused-ring (bicyclic) bond motifs is 6. The smallest absolute Gasteiger partial charge is 0.158 e. The Kier molecular flexibility index (Phi) is 6.59. The molecule has 4 heterocycles. The third-order valence-corrected chi connectivity index (χ3v) is 10.7. The van der Waals surface area contributed by atoms with Gasteiger partial charge in [-0.1, -0.05) is 66.7 Å². The number of nitrogens with zero attached hydrogens (tertiary/aromatic N) is 2. The summed E-state index contributed by atoms with van der Waals surface area (Å²) in [7, 11) is -3.41. The second-order valence-corrected chi connectivity index (χ2v) is 14.4. The van der Waals surface area contributed by atoms with Crippen molar-refractivity contribution < 1.29 is 12.8 Å². The molecule has 8 aromatic rings. The van der Waals surface area contributed by atoms with Crippen LogP contribution in [0.25, 0.3) is 77.6 Å². The molecule has 0 fully saturated rings. The second kappa shape index (κ2) is 11.1. The van der Waals surface area contributed by atoms with Gasteiger partial charge in [0.15, 0.2) is 9.84 Å². The maximum absolute atomic E-state index is 13.5. The van der Waals surface area contributed by atoms with E-state index in [0.717, 1.165) is 88.7 Å². The van der Waals surface area contributed by atoms with Crippen LogP contribution >= 0.6 is 0 Å². The number of sulfone groups is 1. The van der Waals surface area contributed by atoms with Gasteiger partial charge in [-0.3, -0.25) is 9.97 Å². The molecule has 0 atom stereocenters. The summed E-state index contributed by atoms with van der Waals surface area (Å²) in [5.74, 6) is -0.0347. The summed E-state index contributed by atoms with van der Waals surface area (Å²) < 4.78 is 33.2. The lowest BCUT2D eigenvalue weighted by Crippen LogP contribution is -2.05. The van der Waals surface area contributed by atoms with Crippen molar-refractivity contribution in [2.75, 3.05) is 0 Å². The van der Waals surface area contributed by atoms with Gasteiger partial charge in [0.05, 0.1) is 11.5 Å². The fraction of sp³-hybridized carbons (Fsp3) is 0.0476. The topological polar surface area (TPSA) is 73.1 Å². The zero-order chi connectivity index (χ0) is 32.2. The summed E-state index contributed by atoms with van der Waals surface area (Å²) in [6.45, 7) is 0. The number of hydrogen-bond donors (Lipinski definition) is 0. The Morgan fingerprint density at radius 3 is 1.88 bits per heavy atom. The molecular formula is C42H28N2O3S. The molecule has 0 aliphatic carbocycles. The number of hydrogen-bond acceptors (Lipinski definition) is 5. The maximum atomic E-state index is 13.5. The Morgan fingerprint density at radius 2 is 1.15 bits per heavy atom. The molecule has 0 N–H and O–H groups in total. The number of aromatic nitrogens is 2. The normalized spacial score (nSPS) is 13.6. The number of rotatable bonds is 4. The van der Waals surface area contributed by atoms with E-state index in [1.807, 2.05) is 85.2 Å². The highest BCUT2D eigenvalue weighted by molar-refractivity contribution is 7.89. The highest BCUT2D eigenvalue weighted by Crippen LogP contribution is 2.42. The van der Waals surface area contributed by atoms with Gasteiger partial charge >= 0.3 is 0 Å². The van der Waals surface area contributed by atoms with Crippen LogP contribution in [0.3, 0.4) is 0 Å². The van der Waals surface area contributed by atoms with Gasteiger partial charge in [-0.25, -0.2) is 8.42 Å². The summed E-state index contributed by atoms with van der Waals surface area (Å²) in [5.41, 5.74) is 13.2. The van der Waals surface area contributed by atoms with Crippen molar-refractivity contribution in [2.24, 2.45) is 0 Å². The SMILES string of the molecule is O=S1(=O)Cc2cc(-c3cc(-c4cccnc4)cc(-c4cccnc4)c3)ccc2-c2cc(-c3cccc4oc5ccccc5c34)ccc2C1. The first kappa shape index (κ1) is 28.4. The standard InChI is InChI=1S/C42H28N2O3S/c45-48(46)25-31-13-12-28(37-9-3-11-41-42(37)38-8-1-2-10-40(38)47-41)22-39(31)36-15-14-27(18-35(36)26-48)32-19-33(29-6-4-16-43-23-29)21-34(20-32)30-7-5-17-44-24-30/h1-24H,25-26H2. The minimum absolute atomic E-state index is 0.00683. The number of furan rings is 1. The predicted molar refractivity (Wildman–Crippen MR) is 193 cm³/mol. The molecule has 48 heavy (non-hydrogen) atoms. The summed E-state index contributed by atoms with van der Waals surface area (Å²) >= 11 is 0. The zero-order valence-electron chi connectivity index (χ0n) is 25.8. The van der Waals surface area contributed by atoms with Crippen molar-refractivity contribution in [1.82, 2.24) is 9.97 Å². The van der Waals surface area contributed by atoms with Crippen LogP contribution in [-0.2, 0) is 21.3 Å². The van der Waals surface area contributed by atoms with Gasteiger partial charge in [0.2, 0.25) is 0 Å². The fourth-order valence-corrected chi connectivity index (χ4v) is 8.55. The Labute approximate surface area is 278 Å². The Morgan fingerprint density at radius 1 is 0.479 bits per heavy atom. The van der Waals surface area contributed by atoms with Gasteiger partial charge in [-0.2, -0.15) is 0 Å². The first-order valence-corrected chi connectivity index (χ1v) is 17.6. The first-order chi connectivity index (χ1) is 23.5. The molecule has 9 rings (SSSR count). The van der Waals surface area contributed by atoms with Gasteiger partial charge in [-0.15, -0.1) is 0 Å². The van der Waals surface area contributed by atoms with E-state index in [2.05, 4.69) is 58.5 Å². The lowest BCUT2D eigenvalue weighted by molar-refractivity contribution is 0.595. The van der Waals surface area contributed by atoms with Gasteiger partial charge in [0, 0.05) is 46.7 Å². The van der Waals surface area contributed by atoms with E-state index in [9.17, 15) is 8.42 Å². The molecule has 0 bridgehead atoms. The Hall–Kier alpha value is -5.85. The lowest BCUT2D eigenvalue weighted by Gasteiger charge is -2.15. The van der Waals surface area contributed by atoms with Crippen LogP contribution in [0.1, 0.15) is 11.1 Å². The van der Waals surface area contributed by atoms with Crippen LogP contribution in [0, 0.1) is 0 Å². The van der Waals surface area contributed by atoms with Gasteiger partial charge in [-0.05, 0) is 110 Å². The third-order valence-electron chi connectivity index (χ3n) is 9.23. The third kappa shape index (κ3) is 4.98. The fourth-order valence-electron chi connectivity index (χ4n) is 7.01. The Bertz CT molecular complexity index is 2570. The molecule has 0 unspecified atom stereocenters. The average molecular weight is 641 g/mol. The molecule has 1 aliphatic rings. The molecular weight excluding hydrogens is 613 g/mol. The summed E-state index contributed by atoms with van der Waals surface area (Å²) in [5, 5.41) is 2.12. The highest BCUT2D eigenvalue weighted by Gasteiger charge is 2.25. The van der Waals surface area contributed by atoms with Crippen molar-refractivity contribution in [2.45, 2.75) is 11.5 Å². The molecule has 230 valence electrons. The first-order valence-electron chi connectivity index (χ1n) is 15.8. The molecule has 3 aromatic heterocycles. The second-order valence-electron chi connectivity index (χ2n) is 12.3. The zero-order valence-corrected chi connectivity index (χ0v) is 26.6. The molecule has 0 saturated heterocycles. The molecule has 5 nitrogen and oxygen atoms in total. The minimum Gasteiger partial charge on any atom is -0.456 e. The van der Waals surface area contributed by atoms with E-state index < -0.39 is 9.84 Å². The van der Waals surface area contributed by atoms with E-state index in [0.29, 0.717) is 0 Å². The van der Waals surface area contributed by atoms with Crippen LogP contribution in [-0.4, -0.2) is 18.4 Å². The van der Waals surface area contributed by atoms with E-state index >= 15 is 0 Å². The largest absolute Gasteiger partial charge is 0.456 e. The van der Waals surface area contributed by atoms with Crippen molar-refractivity contribution in [1.29, 1.82) is 0 Å². The number of para-hydroxylation sites is 1. The minimum atomic E-state index is -3.41. The van der Waals surface area contributed by atoms with Crippen molar-refractivity contribution in [3.63, 3.8) is 0 Å². The predicted octanol–water partition coefficient (Wildman–Crippen LogP) is 10.1. The number of benzene rings is 5. The van der Waals surface area contributed by atoms with Crippen LogP contribution in [0.5, 0.6) is 0 Å². The molecule has 0 saturated carbocycles. The van der Waals surface area contributed by atoms with Gasteiger partial charge in [0.1, 0.15) is 11.2 Å². The summed E-state index contributed by atoms with van der Waals surface area (Å²) in [4.78, 5) is 8.69. The number of pyridine rings is 2. The Balaban J connectivity index is 1.21. The lowest BCUT2D eigenvalue weighted by atomic mass is 9.89. The van der Waals surface area contributed by atoms with Gasteiger partial charge < -0.3 is 4.42 Å². The van der Waals surface area contributed by atoms with E-state index in [4.69, 9.17) is 4.42 Å². The molecule has 5 aromatic carbocycles. The maximum Gasteiger partial charge on any atom is 0.158 e. The molecule has 6 heteroatoms. The molecule has 0 spiro atoms. The van der Waals surface area contributed by atoms with E-state index in [1.54, 1.807) is 12.4 Å². The van der Waals surface area contributed by atoms with Crippen LogP contribution in [0.2, 0.25) is 0 Å². The molecule has 0 amide bonds. The van der Waals surface area contributed by atoms with Crippen molar-refractivity contribution >= 4 is 31.8 Å². The van der Waals surface area contributed by atoms with E-state index in [-0.39, 0.29) is 11.5 Å². The van der Waals surface area contributed by atoms with Gasteiger partial charge in [0.25, 0.3) is 0 Å². The summed E-state index contributed by atoms with van der Waals surface area (Å²) in [6, 6.07) is 41.0.